The van der Waals surface area contributed by atoms with Gasteiger partial charge in [-0.15, -0.1) is 0 Å². The molecule has 0 N–H and O–H groups in total. The standard InChI is InChI=1S/C16H24N2O3/c1-11(2)18(5)16(21-12(3)4)17-15(19)13-8-7-9-14(10-13)20-6/h7-12H,1-6H3. The monoisotopic (exact) mass is 292 g/mol. The maximum Gasteiger partial charge on any atom is 0.295 e. The Kier molecular flexibility index (Phi) is 6.21. The Balaban J connectivity index is 3.04. The Morgan fingerprint density at radius 3 is 2.43 bits per heavy atom. The van der Waals surface area contributed by atoms with E-state index in [1.54, 1.807) is 31.4 Å². The predicted octanol–water partition coefficient (Wildman–Crippen LogP) is 2.96. The number of hydrogen-bond donors (Lipinski definition) is 0. The van der Waals surface area contributed by atoms with Gasteiger partial charge in [-0.3, -0.25) is 4.79 Å². The molecule has 5 nitrogen and oxygen atoms in total. The summed E-state index contributed by atoms with van der Waals surface area (Å²) >= 11 is 0. The maximum atomic E-state index is 12.3. The summed E-state index contributed by atoms with van der Waals surface area (Å²) in [7, 11) is 3.41. The molecule has 116 valence electrons. The molecule has 0 bridgehead atoms. The first kappa shape index (κ1) is 17.0. The second-order valence-corrected chi connectivity index (χ2v) is 5.30. The lowest BCUT2D eigenvalue weighted by Gasteiger charge is -2.25. The number of ether oxygens (including phenoxy) is 2. The summed E-state index contributed by atoms with van der Waals surface area (Å²) in [6.07, 6.45) is -0.0527. The van der Waals surface area contributed by atoms with Crippen molar-refractivity contribution < 1.29 is 14.3 Å². The van der Waals surface area contributed by atoms with Gasteiger partial charge in [0.15, 0.2) is 0 Å². The molecule has 1 rings (SSSR count). The fourth-order valence-corrected chi connectivity index (χ4v) is 1.53. The first-order valence-corrected chi connectivity index (χ1v) is 7.01. The van der Waals surface area contributed by atoms with Gasteiger partial charge in [0, 0.05) is 18.7 Å². The van der Waals surface area contributed by atoms with E-state index < -0.39 is 0 Å². The molecule has 0 saturated carbocycles. The third-order valence-electron chi connectivity index (χ3n) is 2.93. The number of hydrogen-bond acceptors (Lipinski definition) is 3. The summed E-state index contributed by atoms with van der Waals surface area (Å²) in [5.41, 5.74) is 0.469. The fraction of sp³-hybridized carbons (Fsp3) is 0.500. The van der Waals surface area contributed by atoms with Crippen LogP contribution in [-0.2, 0) is 4.74 Å². The van der Waals surface area contributed by atoms with Crippen molar-refractivity contribution in [3.63, 3.8) is 0 Å². The molecule has 1 aromatic carbocycles. The van der Waals surface area contributed by atoms with Crippen molar-refractivity contribution in [3.05, 3.63) is 29.8 Å². The third kappa shape index (κ3) is 5.10. The normalized spacial score (nSPS) is 11.7. The number of aliphatic imine (C=N–C) groups is 1. The molecule has 0 unspecified atom stereocenters. The molecule has 21 heavy (non-hydrogen) atoms. The van der Waals surface area contributed by atoms with Crippen LogP contribution in [0.1, 0.15) is 38.1 Å². The van der Waals surface area contributed by atoms with Gasteiger partial charge in [-0.2, -0.15) is 4.99 Å². The molecule has 0 aliphatic rings. The third-order valence-corrected chi connectivity index (χ3v) is 2.93. The van der Waals surface area contributed by atoms with Crippen molar-refractivity contribution in [2.24, 2.45) is 4.99 Å². The van der Waals surface area contributed by atoms with Gasteiger partial charge < -0.3 is 14.4 Å². The van der Waals surface area contributed by atoms with Gasteiger partial charge in [-0.05, 0) is 45.9 Å². The van der Waals surface area contributed by atoms with Crippen LogP contribution in [0.25, 0.3) is 0 Å². The first-order valence-electron chi connectivity index (χ1n) is 7.01. The summed E-state index contributed by atoms with van der Waals surface area (Å²) in [5, 5.41) is 0. The van der Waals surface area contributed by atoms with E-state index in [0.29, 0.717) is 17.3 Å². The Morgan fingerprint density at radius 1 is 1.24 bits per heavy atom. The fourth-order valence-electron chi connectivity index (χ4n) is 1.53. The molecule has 0 spiro atoms. The van der Waals surface area contributed by atoms with Crippen LogP contribution in [0.2, 0.25) is 0 Å². The molecule has 1 aromatic rings. The van der Waals surface area contributed by atoms with Gasteiger partial charge in [-0.25, -0.2) is 0 Å². The molecule has 5 heteroatoms. The molecule has 0 heterocycles. The molecule has 0 saturated heterocycles. The minimum Gasteiger partial charge on any atom is -0.497 e. The molecule has 0 radical (unpaired) electrons. The van der Waals surface area contributed by atoms with Crippen LogP contribution in [0.3, 0.4) is 0 Å². The first-order chi connectivity index (χ1) is 9.85. The SMILES string of the molecule is COc1cccc(C(=O)N=C(OC(C)C)N(C)C(C)C)c1. The van der Waals surface area contributed by atoms with Crippen LogP contribution < -0.4 is 4.74 Å². The average Bonchev–Trinajstić information content (AvgIpc) is 2.45. The Labute approximate surface area is 126 Å². The molecular weight excluding hydrogens is 268 g/mol. The van der Waals surface area contributed by atoms with Crippen LogP contribution in [0.5, 0.6) is 5.75 Å². The lowest BCUT2D eigenvalue weighted by molar-refractivity contribution is 0.0988. The number of rotatable bonds is 4. The van der Waals surface area contributed by atoms with Crippen LogP contribution in [0.4, 0.5) is 0 Å². The molecule has 0 aromatic heterocycles. The maximum absolute atomic E-state index is 12.3. The highest BCUT2D eigenvalue weighted by Crippen LogP contribution is 2.14. The number of amidine groups is 1. The average molecular weight is 292 g/mol. The summed E-state index contributed by atoms with van der Waals surface area (Å²) in [5.74, 6) is 0.275. The van der Waals surface area contributed by atoms with Crippen molar-refractivity contribution in [1.82, 2.24) is 4.90 Å². The lowest BCUT2D eigenvalue weighted by Crippen LogP contribution is -2.37. The van der Waals surface area contributed by atoms with Gasteiger partial charge in [0.05, 0.1) is 13.2 Å². The zero-order chi connectivity index (χ0) is 16.0. The van der Waals surface area contributed by atoms with Gasteiger partial charge in [0.25, 0.3) is 11.9 Å². The van der Waals surface area contributed by atoms with Gasteiger partial charge >= 0.3 is 0 Å². The number of nitrogens with zero attached hydrogens (tertiary/aromatic N) is 2. The minimum absolute atomic E-state index is 0.0527. The molecule has 0 aliphatic heterocycles. The second-order valence-electron chi connectivity index (χ2n) is 5.30. The summed E-state index contributed by atoms with van der Waals surface area (Å²) in [6, 6.07) is 7.42. The zero-order valence-corrected chi connectivity index (χ0v) is 13.6. The van der Waals surface area contributed by atoms with E-state index in [1.807, 2.05) is 39.6 Å². The van der Waals surface area contributed by atoms with Crippen LogP contribution in [-0.4, -0.2) is 43.1 Å². The summed E-state index contributed by atoms with van der Waals surface area (Å²) in [4.78, 5) is 18.2. The molecule has 0 atom stereocenters. The highest BCUT2D eigenvalue weighted by molar-refractivity contribution is 6.01. The molecular formula is C16H24N2O3. The number of carbonyl (C=O) groups excluding carboxylic acids is 1. The summed E-state index contributed by atoms with van der Waals surface area (Å²) < 4.78 is 10.8. The van der Waals surface area contributed by atoms with E-state index >= 15 is 0 Å². The number of carbonyl (C=O) groups is 1. The van der Waals surface area contributed by atoms with E-state index in [0.717, 1.165) is 0 Å². The van der Waals surface area contributed by atoms with Crippen molar-refractivity contribution in [1.29, 1.82) is 0 Å². The van der Waals surface area contributed by atoms with Crippen LogP contribution >= 0.6 is 0 Å². The van der Waals surface area contributed by atoms with E-state index in [4.69, 9.17) is 9.47 Å². The Morgan fingerprint density at radius 2 is 1.90 bits per heavy atom. The van der Waals surface area contributed by atoms with E-state index in [9.17, 15) is 4.79 Å². The second kappa shape index (κ2) is 7.67. The van der Waals surface area contributed by atoms with Crippen molar-refractivity contribution >= 4 is 11.9 Å². The number of benzene rings is 1. The molecule has 0 aliphatic carbocycles. The quantitative estimate of drug-likeness (QED) is 0.632. The topological polar surface area (TPSA) is 51.1 Å². The Bertz CT molecular complexity index is 510. The Hall–Kier alpha value is -2.04. The number of amides is 1. The van der Waals surface area contributed by atoms with Gasteiger partial charge in [-0.1, -0.05) is 6.07 Å². The van der Waals surface area contributed by atoms with Crippen molar-refractivity contribution in [3.8, 4) is 5.75 Å². The van der Waals surface area contributed by atoms with Crippen molar-refractivity contribution in [2.75, 3.05) is 14.2 Å². The van der Waals surface area contributed by atoms with Crippen LogP contribution in [0.15, 0.2) is 29.3 Å². The smallest absolute Gasteiger partial charge is 0.295 e. The van der Waals surface area contributed by atoms with E-state index in [2.05, 4.69) is 4.99 Å². The highest BCUT2D eigenvalue weighted by atomic mass is 16.5. The van der Waals surface area contributed by atoms with E-state index in [-0.39, 0.29) is 18.1 Å². The zero-order valence-electron chi connectivity index (χ0n) is 13.6. The van der Waals surface area contributed by atoms with Gasteiger partial charge in [0.2, 0.25) is 0 Å². The summed E-state index contributed by atoms with van der Waals surface area (Å²) in [6.45, 7) is 7.82. The lowest BCUT2D eigenvalue weighted by atomic mass is 10.2. The largest absolute Gasteiger partial charge is 0.497 e. The van der Waals surface area contributed by atoms with E-state index in [1.165, 1.54) is 0 Å². The van der Waals surface area contributed by atoms with Crippen molar-refractivity contribution in [2.45, 2.75) is 39.8 Å². The minimum atomic E-state index is -0.350. The number of methoxy groups -OCH3 is 1. The highest BCUT2D eigenvalue weighted by Gasteiger charge is 2.16. The van der Waals surface area contributed by atoms with Gasteiger partial charge in [0.1, 0.15) is 5.75 Å². The molecule has 0 fully saturated rings. The predicted molar refractivity (Wildman–Crippen MR) is 83.9 cm³/mol. The van der Waals surface area contributed by atoms with Crippen LogP contribution in [0, 0.1) is 0 Å². The molecule has 1 amide bonds.